The van der Waals surface area contributed by atoms with E-state index in [-0.39, 0.29) is 5.91 Å². The molecule has 1 aliphatic rings. The molecule has 2 heterocycles. The molecule has 1 saturated carbocycles. The van der Waals surface area contributed by atoms with E-state index in [2.05, 4.69) is 5.32 Å². The van der Waals surface area contributed by atoms with Crippen LogP contribution in [0.5, 0.6) is 5.75 Å². The Morgan fingerprint density at radius 3 is 2.71 bits per heavy atom. The van der Waals surface area contributed by atoms with Crippen molar-refractivity contribution in [3.05, 3.63) is 66.5 Å². The molecule has 2 N–H and O–H groups in total. The lowest BCUT2D eigenvalue weighted by molar-refractivity contribution is -0.904. The highest BCUT2D eigenvalue weighted by Crippen LogP contribution is 2.38. The van der Waals surface area contributed by atoms with E-state index in [4.69, 9.17) is 9.15 Å². The fourth-order valence-electron chi connectivity index (χ4n) is 3.30. The lowest BCUT2D eigenvalue weighted by atomic mass is 10.0. The summed E-state index contributed by atoms with van der Waals surface area (Å²) in [5.74, 6) is 1.03. The van der Waals surface area contributed by atoms with Crippen LogP contribution in [0.25, 0.3) is 21.9 Å². The van der Waals surface area contributed by atoms with Gasteiger partial charge in [0.15, 0.2) is 11.3 Å². The Balaban J connectivity index is 1.58. The van der Waals surface area contributed by atoms with Crippen LogP contribution >= 0.6 is 0 Å². The second-order valence-electron chi connectivity index (χ2n) is 7.09. The highest BCUT2D eigenvalue weighted by molar-refractivity contribution is 6.20. The molecule has 6 nitrogen and oxygen atoms in total. The molecule has 0 aliphatic heterocycles. The maximum absolute atomic E-state index is 13.0. The van der Waals surface area contributed by atoms with Crippen LogP contribution in [0.3, 0.4) is 0 Å². The number of amides is 1. The van der Waals surface area contributed by atoms with Gasteiger partial charge >= 0.3 is 0 Å². The first kappa shape index (κ1) is 16.6. The van der Waals surface area contributed by atoms with E-state index < -0.39 is 0 Å². The van der Waals surface area contributed by atoms with Gasteiger partial charge in [-0.25, -0.2) is 0 Å². The number of nitrogens with one attached hydrogen (secondary N) is 1. The summed E-state index contributed by atoms with van der Waals surface area (Å²) >= 11 is 0. The minimum absolute atomic E-state index is 0.249. The van der Waals surface area contributed by atoms with Crippen LogP contribution in [-0.4, -0.2) is 17.7 Å². The fraction of sp³-hybridized carbons (Fsp3) is 0.182. The molecule has 140 valence electrons. The number of carbonyl (C=O) groups excluding carboxylic acids is 1. The van der Waals surface area contributed by atoms with Gasteiger partial charge in [-0.15, -0.1) is 0 Å². The molecule has 0 radical (unpaired) electrons. The summed E-state index contributed by atoms with van der Waals surface area (Å²) in [6.07, 6.45) is 5.31. The molecule has 1 aliphatic carbocycles. The zero-order valence-electron chi connectivity index (χ0n) is 15.1. The topological polar surface area (TPSA) is 75.6 Å². The van der Waals surface area contributed by atoms with Crippen LogP contribution < -0.4 is 14.8 Å². The number of ether oxygens (including phenoxy) is 1. The first-order valence-corrected chi connectivity index (χ1v) is 9.28. The Morgan fingerprint density at radius 2 is 1.93 bits per heavy atom. The van der Waals surface area contributed by atoms with Crippen LogP contribution in [0.15, 0.2) is 65.3 Å². The Morgan fingerprint density at radius 1 is 1.14 bits per heavy atom. The molecule has 2 aromatic carbocycles. The van der Waals surface area contributed by atoms with Crippen molar-refractivity contribution >= 4 is 33.5 Å². The Kier molecular flexibility index (Phi) is 3.90. The summed E-state index contributed by atoms with van der Waals surface area (Å²) in [7, 11) is 0. The number of pyridine rings is 1. The van der Waals surface area contributed by atoms with E-state index in [0.717, 1.165) is 21.1 Å². The van der Waals surface area contributed by atoms with Crippen molar-refractivity contribution in [2.24, 2.45) is 5.92 Å². The second kappa shape index (κ2) is 6.56. The average molecular weight is 375 g/mol. The predicted octanol–water partition coefficient (Wildman–Crippen LogP) is 4.15. The van der Waals surface area contributed by atoms with Crippen molar-refractivity contribution < 1.29 is 23.9 Å². The molecule has 0 atom stereocenters. The minimum atomic E-state index is -0.249. The Labute approximate surface area is 160 Å². The van der Waals surface area contributed by atoms with Gasteiger partial charge in [0, 0.05) is 27.6 Å². The van der Waals surface area contributed by atoms with E-state index in [1.807, 2.05) is 24.3 Å². The molecular weight excluding hydrogens is 356 g/mol. The summed E-state index contributed by atoms with van der Waals surface area (Å²) in [6.45, 7) is 0.670. The van der Waals surface area contributed by atoms with Crippen LogP contribution in [0, 0.1) is 5.92 Å². The number of hydrogen-bond donors (Lipinski definition) is 2. The number of anilines is 1. The molecule has 28 heavy (non-hydrogen) atoms. The van der Waals surface area contributed by atoms with E-state index >= 15 is 0 Å². The summed E-state index contributed by atoms with van der Waals surface area (Å²) < 4.78 is 13.0. The SMILES string of the molecule is O=C(Nc1cc[n+](O)cc1)c1ccc(OCC2CC2)c2oc3ccccc3c12. The molecule has 2 aromatic heterocycles. The van der Waals surface area contributed by atoms with Crippen molar-refractivity contribution in [1.29, 1.82) is 0 Å². The van der Waals surface area contributed by atoms with Gasteiger partial charge in [-0.2, -0.15) is 0 Å². The quantitative estimate of drug-likeness (QED) is 0.406. The van der Waals surface area contributed by atoms with Crippen molar-refractivity contribution in [3.8, 4) is 5.75 Å². The number of hydrogen-bond acceptors (Lipinski definition) is 4. The molecule has 6 heteroatoms. The standard InChI is InChI=1S/C22H18N2O4/c25-22(23-15-9-11-24(26)12-10-15)17-7-8-19(27-13-14-5-6-14)21-20(17)16-3-1-2-4-18(16)28-21/h1-4,7-12,14,26H,5-6,13H2/p+1. The molecule has 0 saturated heterocycles. The highest BCUT2D eigenvalue weighted by Gasteiger charge is 2.24. The molecular formula is C22H19N2O4+. The van der Waals surface area contributed by atoms with Gasteiger partial charge in [0.2, 0.25) is 12.4 Å². The lowest BCUT2D eigenvalue weighted by Gasteiger charge is -2.09. The van der Waals surface area contributed by atoms with Crippen LogP contribution in [0.1, 0.15) is 23.2 Å². The van der Waals surface area contributed by atoms with Gasteiger partial charge in [0.25, 0.3) is 5.91 Å². The predicted molar refractivity (Wildman–Crippen MR) is 104 cm³/mol. The van der Waals surface area contributed by atoms with Gasteiger partial charge in [-0.1, -0.05) is 18.2 Å². The first-order chi connectivity index (χ1) is 13.7. The molecule has 1 amide bonds. The van der Waals surface area contributed by atoms with E-state index in [9.17, 15) is 10.0 Å². The Bertz CT molecular complexity index is 1180. The van der Waals surface area contributed by atoms with E-state index in [0.29, 0.717) is 35.1 Å². The lowest BCUT2D eigenvalue weighted by Crippen LogP contribution is -2.28. The number of carbonyl (C=O) groups is 1. The minimum Gasteiger partial charge on any atom is -0.489 e. The number of para-hydroxylation sites is 1. The average Bonchev–Trinajstić information content (AvgIpc) is 3.46. The molecule has 0 bridgehead atoms. The van der Waals surface area contributed by atoms with Gasteiger partial charge in [-0.3, -0.25) is 10.0 Å². The third-order valence-corrected chi connectivity index (χ3v) is 4.98. The van der Waals surface area contributed by atoms with Gasteiger partial charge < -0.3 is 14.5 Å². The number of nitrogens with zero attached hydrogens (tertiary/aromatic N) is 1. The summed E-state index contributed by atoms with van der Waals surface area (Å²) in [5, 5.41) is 13.8. The van der Waals surface area contributed by atoms with Crippen LogP contribution in [0.4, 0.5) is 5.69 Å². The summed E-state index contributed by atoms with van der Waals surface area (Å²) in [6, 6.07) is 14.5. The molecule has 0 unspecified atom stereocenters. The van der Waals surface area contributed by atoms with Gasteiger partial charge in [0.1, 0.15) is 5.58 Å². The van der Waals surface area contributed by atoms with Crippen molar-refractivity contribution in [2.45, 2.75) is 12.8 Å². The number of aromatic nitrogens is 1. The Hall–Kier alpha value is -3.54. The summed E-state index contributed by atoms with van der Waals surface area (Å²) in [4.78, 5) is 13.0. The van der Waals surface area contributed by atoms with Crippen molar-refractivity contribution in [2.75, 3.05) is 11.9 Å². The fourth-order valence-corrected chi connectivity index (χ4v) is 3.30. The zero-order chi connectivity index (χ0) is 19.1. The van der Waals surface area contributed by atoms with E-state index in [1.165, 1.54) is 25.2 Å². The van der Waals surface area contributed by atoms with Gasteiger partial charge in [-0.05, 0) is 37.0 Å². The van der Waals surface area contributed by atoms with E-state index in [1.54, 1.807) is 24.3 Å². The third kappa shape index (κ3) is 3.03. The smallest absolute Gasteiger partial charge is 0.256 e. The molecule has 0 spiro atoms. The molecule has 1 fully saturated rings. The maximum Gasteiger partial charge on any atom is 0.256 e. The van der Waals surface area contributed by atoms with Crippen LogP contribution in [0.2, 0.25) is 0 Å². The van der Waals surface area contributed by atoms with Gasteiger partial charge in [0.05, 0.1) is 17.9 Å². The third-order valence-electron chi connectivity index (χ3n) is 4.98. The molecule has 4 aromatic rings. The number of rotatable bonds is 5. The number of fused-ring (bicyclic) bond motifs is 3. The highest BCUT2D eigenvalue weighted by atomic mass is 16.5. The largest absolute Gasteiger partial charge is 0.489 e. The normalized spacial score (nSPS) is 13.7. The van der Waals surface area contributed by atoms with Crippen LogP contribution in [-0.2, 0) is 0 Å². The monoisotopic (exact) mass is 375 g/mol. The first-order valence-electron chi connectivity index (χ1n) is 9.28. The van der Waals surface area contributed by atoms with Crippen molar-refractivity contribution in [1.82, 2.24) is 0 Å². The van der Waals surface area contributed by atoms with Crippen molar-refractivity contribution in [3.63, 3.8) is 0 Å². The number of benzene rings is 2. The second-order valence-corrected chi connectivity index (χ2v) is 7.09. The molecule has 5 rings (SSSR count). The number of furan rings is 1. The summed E-state index contributed by atoms with van der Waals surface area (Å²) in [5.41, 5.74) is 2.41. The maximum atomic E-state index is 13.0. The zero-order valence-corrected chi connectivity index (χ0v) is 15.1.